The first-order valence-corrected chi connectivity index (χ1v) is 9.52. The van der Waals surface area contributed by atoms with Crippen LogP contribution in [0.5, 0.6) is 0 Å². The predicted molar refractivity (Wildman–Crippen MR) is 110 cm³/mol. The van der Waals surface area contributed by atoms with E-state index in [9.17, 15) is 9.59 Å². The number of amides is 2. The molecule has 142 valence electrons. The van der Waals surface area contributed by atoms with Gasteiger partial charge in [0.05, 0.1) is 0 Å². The highest BCUT2D eigenvalue weighted by Crippen LogP contribution is 2.24. The maximum Gasteiger partial charge on any atom is 0.226 e. The van der Waals surface area contributed by atoms with Gasteiger partial charge in [-0.25, -0.2) is 0 Å². The van der Waals surface area contributed by atoms with Crippen LogP contribution in [0.2, 0.25) is 0 Å². The number of nitrogens with one attached hydrogen (secondary N) is 1. The van der Waals surface area contributed by atoms with Crippen molar-refractivity contribution in [1.82, 2.24) is 0 Å². The Morgan fingerprint density at radius 1 is 1.07 bits per heavy atom. The van der Waals surface area contributed by atoms with Gasteiger partial charge in [0.2, 0.25) is 11.8 Å². The Morgan fingerprint density at radius 3 is 2.41 bits per heavy atom. The van der Waals surface area contributed by atoms with Gasteiger partial charge in [-0.1, -0.05) is 12.1 Å². The number of anilines is 3. The van der Waals surface area contributed by atoms with E-state index in [0.717, 1.165) is 30.0 Å². The van der Waals surface area contributed by atoms with Crippen molar-refractivity contribution in [3.05, 3.63) is 54.1 Å². The summed E-state index contributed by atoms with van der Waals surface area (Å²) in [6.07, 6.45) is 2.72. The van der Waals surface area contributed by atoms with Crippen molar-refractivity contribution < 1.29 is 9.59 Å². The van der Waals surface area contributed by atoms with Crippen molar-refractivity contribution in [2.45, 2.75) is 33.1 Å². The molecule has 0 atom stereocenters. The van der Waals surface area contributed by atoms with Crippen LogP contribution >= 0.6 is 0 Å². The van der Waals surface area contributed by atoms with E-state index < -0.39 is 0 Å². The molecule has 0 spiro atoms. The monoisotopic (exact) mass is 365 g/mol. The maximum absolute atomic E-state index is 12.3. The number of carbonyl (C=O) groups is 2. The molecule has 0 radical (unpaired) electrons. The first-order valence-electron chi connectivity index (χ1n) is 9.52. The lowest BCUT2D eigenvalue weighted by Crippen LogP contribution is -2.32. The largest absolute Gasteiger partial charge is 0.372 e. The highest BCUT2D eigenvalue weighted by atomic mass is 16.2. The van der Waals surface area contributed by atoms with Gasteiger partial charge < -0.3 is 15.1 Å². The average molecular weight is 365 g/mol. The summed E-state index contributed by atoms with van der Waals surface area (Å²) in [5, 5.41) is 2.89. The molecule has 3 rings (SSSR count). The second-order valence-corrected chi connectivity index (χ2v) is 7.05. The fourth-order valence-electron chi connectivity index (χ4n) is 3.45. The van der Waals surface area contributed by atoms with Crippen LogP contribution in [-0.4, -0.2) is 31.4 Å². The minimum atomic E-state index is -0.0967. The number of hydrogen-bond donors (Lipinski definition) is 1. The van der Waals surface area contributed by atoms with Crippen LogP contribution in [0.3, 0.4) is 0 Å². The maximum atomic E-state index is 12.3. The van der Waals surface area contributed by atoms with Crippen LogP contribution in [0.25, 0.3) is 0 Å². The first kappa shape index (κ1) is 19.0. The molecule has 0 aromatic heterocycles. The first-order chi connectivity index (χ1) is 13.0. The summed E-state index contributed by atoms with van der Waals surface area (Å²) in [7, 11) is 0. The van der Waals surface area contributed by atoms with Crippen LogP contribution in [0.15, 0.2) is 48.5 Å². The minimum absolute atomic E-state index is 0.0627. The van der Waals surface area contributed by atoms with Gasteiger partial charge >= 0.3 is 0 Å². The molecule has 1 aliphatic heterocycles. The smallest absolute Gasteiger partial charge is 0.226 e. The van der Waals surface area contributed by atoms with Gasteiger partial charge in [0.25, 0.3) is 0 Å². The molecule has 27 heavy (non-hydrogen) atoms. The Bertz CT molecular complexity index is 795. The summed E-state index contributed by atoms with van der Waals surface area (Å²) in [6.45, 7) is 6.06. The summed E-state index contributed by atoms with van der Waals surface area (Å²) >= 11 is 0. The van der Waals surface area contributed by atoms with Crippen molar-refractivity contribution >= 4 is 28.9 Å². The Hall–Kier alpha value is -2.82. The summed E-state index contributed by atoms with van der Waals surface area (Å²) in [6, 6.07) is 15.7. The molecule has 5 heteroatoms. The second kappa shape index (κ2) is 8.71. The average Bonchev–Trinajstić information content (AvgIpc) is 3.17. The van der Waals surface area contributed by atoms with Crippen molar-refractivity contribution in [2.24, 2.45) is 0 Å². The van der Waals surface area contributed by atoms with Gasteiger partial charge in [-0.2, -0.15) is 0 Å². The Balaban J connectivity index is 1.60. The van der Waals surface area contributed by atoms with Crippen molar-refractivity contribution in [2.75, 3.05) is 34.8 Å². The predicted octanol–water partition coefficient (Wildman–Crippen LogP) is 3.98. The van der Waals surface area contributed by atoms with Crippen molar-refractivity contribution in [1.29, 1.82) is 0 Å². The quantitative estimate of drug-likeness (QED) is 0.842. The van der Waals surface area contributed by atoms with Crippen LogP contribution in [0.1, 0.15) is 31.7 Å². The Morgan fingerprint density at radius 2 is 1.78 bits per heavy atom. The molecule has 1 aliphatic rings. The van der Waals surface area contributed by atoms with Gasteiger partial charge in [-0.3, -0.25) is 9.59 Å². The van der Waals surface area contributed by atoms with Crippen molar-refractivity contribution in [3.8, 4) is 0 Å². The van der Waals surface area contributed by atoms with Crippen molar-refractivity contribution in [3.63, 3.8) is 0 Å². The van der Waals surface area contributed by atoms with E-state index in [0.29, 0.717) is 6.54 Å². The van der Waals surface area contributed by atoms with E-state index in [1.807, 2.05) is 43.3 Å². The molecule has 0 saturated carbocycles. The molecule has 2 aromatic carbocycles. The summed E-state index contributed by atoms with van der Waals surface area (Å²) in [4.78, 5) is 28.4. The Kier molecular flexibility index (Phi) is 6.12. The molecule has 0 bridgehead atoms. The van der Waals surface area contributed by atoms with E-state index in [1.165, 1.54) is 25.5 Å². The zero-order chi connectivity index (χ0) is 19.2. The third-order valence-corrected chi connectivity index (χ3v) is 4.88. The summed E-state index contributed by atoms with van der Waals surface area (Å²) < 4.78 is 0. The molecule has 1 fully saturated rings. The lowest BCUT2D eigenvalue weighted by atomic mass is 10.2. The van der Waals surface area contributed by atoms with Gasteiger partial charge in [-0.05, 0) is 61.7 Å². The highest BCUT2D eigenvalue weighted by molar-refractivity contribution is 5.95. The van der Waals surface area contributed by atoms with Gasteiger partial charge in [0, 0.05) is 50.0 Å². The van der Waals surface area contributed by atoms with Gasteiger partial charge in [-0.15, -0.1) is 0 Å². The number of rotatable bonds is 6. The van der Waals surface area contributed by atoms with Crippen LogP contribution in [-0.2, 0) is 9.59 Å². The zero-order valence-corrected chi connectivity index (χ0v) is 16.1. The standard InChI is InChI=1S/C22H27N3O2/c1-17-6-5-7-19(16-17)23-22(27)12-15-25(18(2)26)21-10-8-20(9-11-21)24-13-3-4-14-24/h5-11,16H,3-4,12-15H2,1-2H3,(H,23,27). The van der Waals surface area contributed by atoms with Gasteiger partial charge in [0.1, 0.15) is 0 Å². The molecular formula is C22H27N3O2. The van der Waals surface area contributed by atoms with E-state index in [-0.39, 0.29) is 18.2 Å². The fourth-order valence-corrected chi connectivity index (χ4v) is 3.45. The highest BCUT2D eigenvalue weighted by Gasteiger charge is 2.16. The number of nitrogens with zero attached hydrogens (tertiary/aromatic N) is 2. The number of carbonyl (C=O) groups excluding carboxylic acids is 2. The second-order valence-electron chi connectivity index (χ2n) is 7.05. The summed E-state index contributed by atoms with van der Waals surface area (Å²) in [5.41, 5.74) is 3.89. The number of hydrogen-bond acceptors (Lipinski definition) is 3. The molecular weight excluding hydrogens is 338 g/mol. The van der Waals surface area contributed by atoms with E-state index in [2.05, 4.69) is 22.3 Å². The van der Waals surface area contributed by atoms with Crippen LogP contribution in [0.4, 0.5) is 17.1 Å². The molecule has 0 aliphatic carbocycles. The molecule has 1 saturated heterocycles. The fraction of sp³-hybridized carbons (Fsp3) is 0.364. The molecule has 1 heterocycles. The molecule has 5 nitrogen and oxygen atoms in total. The summed E-state index contributed by atoms with van der Waals surface area (Å²) in [5.74, 6) is -0.159. The third kappa shape index (κ3) is 5.09. The van der Waals surface area contributed by atoms with E-state index >= 15 is 0 Å². The molecule has 1 N–H and O–H groups in total. The normalized spacial score (nSPS) is 13.5. The topological polar surface area (TPSA) is 52.7 Å². The van der Waals surface area contributed by atoms with E-state index in [4.69, 9.17) is 0 Å². The lowest BCUT2D eigenvalue weighted by molar-refractivity contribution is -0.117. The number of benzene rings is 2. The Labute approximate surface area is 161 Å². The van der Waals surface area contributed by atoms with E-state index in [1.54, 1.807) is 4.90 Å². The lowest BCUT2D eigenvalue weighted by Gasteiger charge is -2.23. The SMILES string of the molecule is CC(=O)N(CCC(=O)Nc1cccc(C)c1)c1ccc(N2CCCC2)cc1. The van der Waals surface area contributed by atoms with Crippen LogP contribution < -0.4 is 15.1 Å². The molecule has 0 unspecified atom stereocenters. The van der Waals surface area contributed by atoms with Gasteiger partial charge in [0.15, 0.2) is 0 Å². The molecule has 2 aromatic rings. The minimum Gasteiger partial charge on any atom is -0.372 e. The zero-order valence-electron chi connectivity index (χ0n) is 16.1. The van der Waals surface area contributed by atoms with Crippen LogP contribution in [0, 0.1) is 6.92 Å². The number of aryl methyl sites for hydroxylation is 1. The molecule has 2 amide bonds. The third-order valence-electron chi connectivity index (χ3n) is 4.88.